The smallest absolute Gasteiger partial charge is 0.254 e. The molecule has 3 N–H and O–H groups in total. The van der Waals surface area contributed by atoms with Crippen LogP contribution in [0.1, 0.15) is 22.8 Å². The van der Waals surface area contributed by atoms with E-state index in [1.54, 1.807) is 19.2 Å². The number of hydrazine groups is 2. The second-order valence-electron chi connectivity index (χ2n) is 7.48. The Bertz CT molecular complexity index is 1330. The molecule has 3 heterocycles. The van der Waals surface area contributed by atoms with Crippen molar-refractivity contribution in [1.82, 2.24) is 20.8 Å². The Morgan fingerprint density at radius 1 is 1.12 bits per heavy atom. The van der Waals surface area contributed by atoms with Crippen LogP contribution < -0.4 is 21.3 Å². The summed E-state index contributed by atoms with van der Waals surface area (Å²) in [5, 5.41) is 5.58. The minimum atomic E-state index is -0.575. The van der Waals surface area contributed by atoms with Crippen molar-refractivity contribution >= 4 is 28.3 Å². The van der Waals surface area contributed by atoms with Crippen LogP contribution in [0, 0.1) is 5.82 Å². The number of halogens is 1. The maximum atomic E-state index is 14.5. The summed E-state index contributed by atoms with van der Waals surface area (Å²) in [6.45, 7) is 2.81. The molecular formula is C24H21FN6O. The molecule has 1 amide bonds. The van der Waals surface area contributed by atoms with Crippen LogP contribution in [0.3, 0.4) is 0 Å². The lowest BCUT2D eigenvalue weighted by Crippen LogP contribution is -2.35. The second-order valence-corrected chi connectivity index (χ2v) is 7.48. The van der Waals surface area contributed by atoms with Crippen LogP contribution in [-0.4, -0.2) is 22.4 Å². The topological polar surface area (TPSA) is 82.2 Å². The zero-order valence-electron chi connectivity index (χ0n) is 17.4. The molecule has 32 heavy (non-hydrogen) atoms. The molecule has 0 radical (unpaired) electrons. The number of pyridine rings is 2. The van der Waals surface area contributed by atoms with E-state index < -0.39 is 11.7 Å². The summed E-state index contributed by atoms with van der Waals surface area (Å²) in [4.78, 5) is 21.1. The molecule has 7 nitrogen and oxygen atoms in total. The Morgan fingerprint density at radius 2 is 2.03 bits per heavy atom. The van der Waals surface area contributed by atoms with E-state index in [0.717, 1.165) is 22.2 Å². The van der Waals surface area contributed by atoms with Crippen LogP contribution in [-0.2, 0) is 6.54 Å². The van der Waals surface area contributed by atoms with E-state index in [1.165, 1.54) is 12.1 Å². The maximum Gasteiger partial charge on any atom is 0.254 e. The summed E-state index contributed by atoms with van der Waals surface area (Å²) in [5.41, 5.74) is 10.3. The number of carbonyl (C=O) groups excluding carboxylic acids is 1. The molecule has 1 aliphatic rings. The number of hydrogen-bond donors (Lipinski definition) is 3. The molecular weight excluding hydrogens is 407 g/mol. The van der Waals surface area contributed by atoms with Crippen molar-refractivity contribution in [3.05, 3.63) is 83.8 Å². The average molecular weight is 428 g/mol. The summed E-state index contributed by atoms with van der Waals surface area (Å²) in [7, 11) is 0. The van der Waals surface area contributed by atoms with Gasteiger partial charge in [-0.2, -0.15) is 0 Å². The molecule has 1 aliphatic heterocycles. The van der Waals surface area contributed by atoms with Crippen molar-refractivity contribution in [3.63, 3.8) is 0 Å². The number of nitrogens with zero attached hydrogens (tertiary/aromatic N) is 3. The molecule has 5 rings (SSSR count). The number of aromatic nitrogens is 2. The molecule has 0 fully saturated rings. The average Bonchev–Trinajstić information content (AvgIpc) is 3.21. The highest BCUT2D eigenvalue weighted by Gasteiger charge is 2.22. The summed E-state index contributed by atoms with van der Waals surface area (Å²) in [5.74, 6) is -0.292. The van der Waals surface area contributed by atoms with Crippen LogP contribution in [0.15, 0.2) is 66.9 Å². The van der Waals surface area contributed by atoms with Gasteiger partial charge < -0.3 is 10.7 Å². The number of benzene rings is 2. The van der Waals surface area contributed by atoms with Crippen molar-refractivity contribution in [2.45, 2.75) is 13.5 Å². The number of nitrogens with one attached hydrogen (secondary N) is 3. The van der Waals surface area contributed by atoms with Crippen LogP contribution in [0.25, 0.3) is 22.2 Å². The quantitative estimate of drug-likeness (QED) is 0.445. The summed E-state index contributed by atoms with van der Waals surface area (Å²) in [6, 6.07) is 18.3. The minimum absolute atomic E-state index is 0.0208. The lowest BCUT2D eigenvalue weighted by atomic mass is 10.1. The summed E-state index contributed by atoms with van der Waals surface area (Å²) < 4.78 is 14.5. The van der Waals surface area contributed by atoms with E-state index in [9.17, 15) is 9.18 Å². The molecule has 2 aromatic carbocycles. The van der Waals surface area contributed by atoms with Crippen LogP contribution in [0.4, 0.5) is 15.9 Å². The predicted molar refractivity (Wildman–Crippen MR) is 122 cm³/mol. The molecule has 160 valence electrons. The van der Waals surface area contributed by atoms with Gasteiger partial charge in [0, 0.05) is 23.7 Å². The third-order valence-corrected chi connectivity index (χ3v) is 5.31. The third-order valence-electron chi connectivity index (χ3n) is 5.31. The maximum absolute atomic E-state index is 14.5. The fraction of sp³-hybridized carbons (Fsp3) is 0.125. The van der Waals surface area contributed by atoms with E-state index in [1.807, 2.05) is 41.4 Å². The highest BCUT2D eigenvalue weighted by molar-refractivity contribution is 5.95. The Balaban J connectivity index is 1.42. The van der Waals surface area contributed by atoms with E-state index in [4.69, 9.17) is 4.98 Å². The van der Waals surface area contributed by atoms with Crippen molar-refractivity contribution in [2.75, 3.05) is 17.0 Å². The summed E-state index contributed by atoms with van der Waals surface area (Å²) in [6.07, 6.45) is 1.78. The zero-order valence-corrected chi connectivity index (χ0v) is 17.4. The Hall–Kier alpha value is -4.04. The SMILES string of the molecule is CCNC(=O)c1ccc(-c2ccc3c(n2)N(Cc2ccc4ncccc4c2)NN3)cc1F. The molecule has 0 saturated carbocycles. The predicted octanol–water partition coefficient (Wildman–Crippen LogP) is 4.04. The third kappa shape index (κ3) is 3.72. The van der Waals surface area contributed by atoms with Gasteiger partial charge in [-0.25, -0.2) is 9.37 Å². The standard InChI is InChI=1S/C24H21FN6O/c1-2-26-24(32)18-7-6-17(13-19(18)25)21-9-10-22-23(28-21)31(30-29-22)14-15-5-8-20-16(12-15)4-3-11-27-20/h3-13,29-30H,2,14H2,1H3,(H,26,32). The Kier molecular flexibility index (Phi) is 5.12. The van der Waals surface area contributed by atoms with E-state index >= 15 is 0 Å². The van der Waals surface area contributed by atoms with Gasteiger partial charge in [-0.1, -0.05) is 18.2 Å². The Labute approximate surface area is 184 Å². The molecule has 0 spiro atoms. The monoisotopic (exact) mass is 428 g/mol. The molecule has 0 bridgehead atoms. The van der Waals surface area contributed by atoms with Crippen molar-refractivity contribution in [2.24, 2.45) is 0 Å². The van der Waals surface area contributed by atoms with Gasteiger partial charge >= 0.3 is 0 Å². The van der Waals surface area contributed by atoms with Gasteiger partial charge in [-0.3, -0.25) is 14.8 Å². The van der Waals surface area contributed by atoms with Gasteiger partial charge in [0.25, 0.3) is 5.91 Å². The Morgan fingerprint density at radius 3 is 2.88 bits per heavy atom. The number of rotatable bonds is 5. The normalized spacial score (nSPS) is 12.5. The molecule has 0 atom stereocenters. The van der Waals surface area contributed by atoms with E-state index in [0.29, 0.717) is 30.2 Å². The van der Waals surface area contributed by atoms with Gasteiger partial charge in [0.15, 0.2) is 5.82 Å². The van der Waals surface area contributed by atoms with Gasteiger partial charge in [0.05, 0.1) is 29.0 Å². The number of fused-ring (bicyclic) bond motifs is 2. The van der Waals surface area contributed by atoms with Gasteiger partial charge in [-0.05, 0) is 55.0 Å². The van der Waals surface area contributed by atoms with Gasteiger partial charge in [-0.15, -0.1) is 5.53 Å². The first kappa shape index (κ1) is 19.9. The van der Waals surface area contributed by atoms with E-state index in [-0.39, 0.29) is 5.56 Å². The lowest BCUT2D eigenvalue weighted by Gasteiger charge is -2.17. The van der Waals surface area contributed by atoms with Crippen molar-refractivity contribution < 1.29 is 9.18 Å². The molecule has 2 aromatic heterocycles. The van der Waals surface area contributed by atoms with Crippen LogP contribution in [0.2, 0.25) is 0 Å². The first-order valence-corrected chi connectivity index (χ1v) is 10.3. The van der Waals surface area contributed by atoms with Gasteiger partial charge in [0.2, 0.25) is 0 Å². The number of hydrogen-bond acceptors (Lipinski definition) is 6. The molecule has 8 heteroatoms. The minimum Gasteiger partial charge on any atom is -0.352 e. The largest absolute Gasteiger partial charge is 0.352 e. The van der Waals surface area contributed by atoms with E-state index in [2.05, 4.69) is 27.3 Å². The molecule has 0 saturated heterocycles. The lowest BCUT2D eigenvalue weighted by molar-refractivity contribution is 0.0952. The zero-order chi connectivity index (χ0) is 22.1. The fourth-order valence-corrected chi connectivity index (χ4v) is 3.73. The van der Waals surface area contributed by atoms with Crippen molar-refractivity contribution in [3.8, 4) is 11.3 Å². The number of anilines is 2. The number of amides is 1. The molecule has 0 aliphatic carbocycles. The highest BCUT2D eigenvalue weighted by Crippen LogP contribution is 2.32. The first-order chi connectivity index (χ1) is 15.6. The fourth-order valence-electron chi connectivity index (χ4n) is 3.73. The van der Waals surface area contributed by atoms with Gasteiger partial charge in [0.1, 0.15) is 5.82 Å². The molecule has 0 unspecified atom stereocenters. The molecule has 4 aromatic rings. The highest BCUT2D eigenvalue weighted by atomic mass is 19.1. The van der Waals surface area contributed by atoms with Crippen LogP contribution in [0.5, 0.6) is 0 Å². The van der Waals surface area contributed by atoms with Crippen LogP contribution >= 0.6 is 0 Å². The van der Waals surface area contributed by atoms with Crippen molar-refractivity contribution in [1.29, 1.82) is 0 Å². The number of carbonyl (C=O) groups is 1. The first-order valence-electron chi connectivity index (χ1n) is 10.3. The summed E-state index contributed by atoms with van der Waals surface area (Å²) >= 11 is 0. The second kappa shape index (κ2) is 8.24.